The van der Waals surface area contributed by atoms with Crippen molar-refractivity contribution in [2.45, 2.75) is 13.5 Å². The molecule has 1 heterocycles. The maximum atomic E-state index is 10.9. The molecule has 0 atom stereocenters. The fourth-order valence-electron chi connectivity index (χ4n) is 0.845. The molecule has 0 bridgehead atoms. The smallest absolute Gasteiger partial charge is 0.300 e. The number of hydrogen-bond acceptors (Lipinski definition) is 3. The number of hydrogen-bond donors (Lipinski definition) is 1. The van der Waals surface area contributed by atoms with Crippen LogP contribution in [0.4, 0.5) is 0 Å². The predicted octanol–water partition coefficient (Wildman–Crippen LogP) is -0.631. The molecule has 0 unspecified atom stereocenters. The van der Waals surface area contributed by atoms with Crippen LogP contribution in [0.5, 0.6) is 0 Å². The van der Waals surface area contributed by atoms with Gasteiger partial charge in [-0.05, 0) is 6.92 Å². The number of rotatable bonds is 2. The molecule has 0 saturated heterocycles. The standard InChI is InChI=1S/C7H8N2O3/c1-2-9-3-5(4-10)6(11)8-7(9)12/h3-4H,2H2,1H3,(H,8,11,12). The summed E-state index contributed by atoms with van der Waals surface area (Å²) in [5.74, 6) is 0. The molecule has 12 heavy (non-hydrogen) atoms. The van der Waals surface area contributed by atoms with Gasteiger partial charge >= 0.3 is 5.69 Å². The van der Waals surface area contributed by atoms with E-state index in [1.54, 1.807) is 6.92 Å². The van der Waals surface area contributed by atoms with Crippen molar-refractivity contribution < 1.29 is 4.79 Å². The lowest BCUT2D eigenvalue weighted by molar-refractivity contribution is 0.112. The molecule has 0 fully saturated rings. The average molecular weight is 168 g/mol. The highest BCUT2D eigenvalue weighted by atomic mass is 16.2. The molecular formula is C7H8N2O3. The van der Waals surface area contributed by atoms with Crippen LogP contribution in [0.3, 0.4) is 0 Å². The molecule has 0 aliphatic carbocycles. The minimum atomic E-state index is -0.639. The van der Waals surface area contributed by atoms with Gasteiger partial charge in [0.25, 0.3) is 5.56 Å². The van der Waals surface area contributed by atoms with Crippen molar-refractivity contribution in [1.82, 2.24) is 9.55 Å². The second-order valence-corrected chi connectivity index (χ2v) is 2.25. The van der Waals surface area contributed by atoms with Crippen molar-refractivity contribution in [3.05, 3.63) is 32.6 Å². The highest BCUT2D eigenvalue weighted by Crippen LogP contribution is 1.81. The molecule has 1 aromatic rings. The number of nitrogens with zero attached hydrogens (tertiary/aromatic N) is 1. The molecule has 5 heteroatoms. The first-order valence-corrected chi connectivity index (χ1v) is 3.48. The van der Waals surface area contributed by atoms with Crippen LogP contribution >= 0.6 is 0 Å². The summed E-state index contributed by atoms with van der Waals surface area (Å²) >= 11 is 0. The van der Waals surface area contributed by atoms with Gasteiger partial charge in [0, 0.05) is 12.7 Å². The van der Waals surface area contributed by atoms with E-state index in [4.69, 9.17) is 0 Å². The number of H-pyrrole nitrogens is 1. The first-order chi connectivity index (χ1) is 5.69. The normalized spacial score (nSPS) is 9.75. The summed E-state index contributed by atoms with van der Waals surface area (Å²) in [5, 5.41) is 0. The lowest BCUT2D eigenvalue weighted by Crippen LogP contribution is -2.31. The molecule has 0 amide bonds. The Balaban J connectivity index is 3.47. The van der Waals surface area contributed by atoms with Gasteiger partial charge in [0.05, 0.1) is 5.56 Å². The van der Waals surface area contributed by atoms with E-state index in [2.05, 4.69) is 0 Å². The van der Waals surface area contributed by atoms with E-state index in [0.29, 0.717) is 12.8 Å². The summed E-state index contributed by atoms with van der Waals surface area (Å²) in [5.41, 5.74) is -1.16. The summed E-state index contributed by atoms with van der Waals surface area (Å²) < 4.78 is 1.26. The van der Waals surface area contributed by atoms with E-state index in [-0.39, 0.29) is 5.56 Å². The van der Waals surface area contributed by atoms with E-state index in [9.17, 15) is 14.4 Å². The van der Waals surface area contributed by atoms with Crippen LogP contribution in [0.15, 0.2) is 15.8 Å². The van der Waals surface area contributed by atoms with E-state index in [0.717, 1.165) is 0 Å². The molecule has 0 saturated carbocycles. The molecule has 1 aromatic heterocycles. The highest BCUT2D eigenvalue weighted by molar-refractivity contribution is 5.73. The van der Waals surface area contributed by atoms with Crippen molar-refractivity contribution in [2.75, 3.05) is 0 Å². The van der Waals surface area contributed by atoms with Crippen LogP contribution in [0.2, 0.25) is 0 Å². The molecular weight excluding hydrogens is 160 g/mol. The summed E-state index contributed by atoms with van der Waals surface area (Å²) in [6, 6.07) is 0. The lowest BCUT2D eigenvalue weighted by atomic mass is 10.4. The van der Waals surface area contributed by atoms with Crippen molar-refractivity contribution in [3.63, 3.8) is 0 Å². The number of carbonyl (C=O) groups excluding carboxylic acids is 1. The van der Waals surface area contributed by atoms with E-state index in [1.165, 1.54) is 10.8 Å². The van der Waals surface area contributed by atoms with Crippen LogP contribution in [0.1, 0.15) is 17.3 Å². The third kappa shape index (κ3) is 1.34. The Hall–Kier alpha value is -1.65. The number of carbonyl (C=O) groups is 1. The van der Waals surface area contributed by atoms with Gasteiger partial charge in [-0.3, -0.25) is 14.6 Å². The van der Waals surface area contributed by atoms with Gasteiger partial charge in [-0.2, -0.15) is 0 Å². The van der Waals surface area contributed by atoms with Gasteiger partial charge in [0.1, 0.15) is 0 Å². The molecule has 0 spiro atoms. The quantitative estimate of drug-likeness (QED) is 0.597. The Morgan fingerprint density at radius 2 is 2.25 bits per heavy atom. The van der Waals surface area contributed by atoms with Crippen molar-refractivity contribution in [2.24, 2.45) is 0 Å². The van der Waals surface area contributed by atoms with Crippen LogP contribution in [-0.2, 0) is 6.54 Å². The Labute approximate surface area is 67.7 Å². The summed E-state index contributed by atoms with van der Waals surface area (Å²) in [4.78, 5) is 34.1. The number of aromatic amines is 1. The molecule has 0 radical (unpaired) electrons. The van der Waals surface area contributed by atoms with Gasteiger partial charge in [-0.15, -0.1) is 0 Å². The minimum Gasteiger partial charge on any atom is -0.300 e. The number of aromatic nitrogens is 2. The monoisotopic (exact) mass is 168 g/mol. The fraction of sp³-hybridized carbons (Fsp3) is 0.286. The van der Waals surface area contributed by atoms with Crippen molar-refractivity contribution in [1.29, 1.82) is 0 Å². The van der Waals surface area contributed by atoms with Crippen LogP contribution in [-0.4, -0.2) is 15.8 Å². The molecule has 1 N–H and O–H groups in total. The van der Waals surface area contributed by atoms with Gasteiger partial charge in [-0.1, -0.05) is 0 Å². The van der Waals surface area contributed by atoms with E-state index >= 15 is 0 Å². The third-order valence-electron chi connectivity index (χ3n) is 1.51. The second kappa shape index (κ2) is 3.17. The fourth-order valence-corrected chi connectivity index (χ4v) is 0.845. The number of aldehydes is 1. The molecule has 5 nitrogen and oxygen atoms in total. The van der Waals surface area contributed by atoms with E-state index < -0.39 is 11.2 Å². The van der Waals surface area contributed by atoms with Crippen LogP contribution in [0.25, 0.3) is 0 Å². The second-order valence-electron chi connectivity index (χ2n) is 2.25. The molecule has 1 rings (SSSR count). The van der Waals surface area contributed by atoms with Gasteiger partial charge < -0.3 is 4.57 Å². The lowest BCUT2D eigenvalue weighted by Gasteiger charge is -1.99. The maximum absolute atomic E-state index is 10.9. The number of aryl methyl sites for hydroxylation is 1. The predicted molar refractivity (Wildman–Crippen MR) is 42.4 cm³/mol. The SMILES string of the molecule is CCn1cc(C=O)c(=O)[nH]c1=O. The summed E-state index contributed by atoms with van der Waals surface area (Å²) in [7, 11) is 0. The largest absolute Gasteiger partial charge is 0.328 e. The highest BCUT2D eigenvalue weighted by Gasteiger charge is 2.00. The molecule has 0 aliphatic rings. The Kier molecular flexibility index (Phi) is 2.23. The Bertz CT molecular complexity index is 402. The summed E-state index contributed by atoms with van der Waals surface area (Å²) in [6.45, 7) is 2.17. The first-order valence-electron chi connectivity index (χ1n) is 3.48. The first kappa shape index (κ1) is 8.45. The summed E-state index contributed by atoms with van der Waals surface area (Å²) in [6.07, 6.45) is 1.67. The minimum absolute atomic E-state index is 0.0311. The Morgan fingerprint density at radius 3 is 2.75 bits per heavy atom. The molecule has 0 aromatic carbocycles. The average Bonchev–Trinajstić information content (AvgIpc) is 2.05. The molecule has 0 aliphatic heterocycles. The van der Waals surface area contributed by atoms with Gasteiger partial charge in [0.15, 0.2) is 6.29 Å². The zero-order chi connectivity index (χ0) is 9.14. The van der Waals surface area contributed by atoms with Crippen molar-refractivity contribution >= 4 is 6.29 Å². The molecule has 64 valence electrons. The zero-order valence-electron chi connectivity index (χ0n) is 6.53. The van der Waals surface area contributed by atoms with Crippen LogP contribution < -0.4 is 11.2 Å². The zero-order valence-corrected chi connectivity index (χ0v) is 6.53. The van der Waals surface area contributed by atoms with E-state index in [1.807, 2.05) is 4.98 Å². The maximum Gasteiger partial charge on any atom is 0.328 e. The number of nitrogens with one attached hydrogen (secondary N) is 1. The topological polar surface area (TPSA) is 71.9 Å². The van der Waals surface area contributed by atoms with Crippen LogP contribution in [0, 0.1) is 0 Å². The third-order valence-corrected chi connectivity index (χ3v) is 1.51. The van der Waals surface area contributed by atoms with Gasteiger partial charge in [0.2, 0.25) is 0 Å². The van der Waals surface area contributed by atoms with Gasteiger partial charge in [-0.25, -0.2) is 4.79 Å². The Morgan fingerprint density at radius 1 is 1.58 bits per heavy atom. The van der Waals surface area contributed by atoms with Crippen molar-refractivity contribution in [3.8, 4) is 0 Å².